The molecule has 0 aromatic heterocycles. The summed E-state index contributed by atoms with van der Waals surface area (Å²) in [5.74, 6) is -0.0807. The van der Waals surface area contributed by atoms with E-state index < -0.39 is 11.3 Å². The fourth-order valence-corrected chi connectivity index (χ4v) is 2.98. The highest BCUT2D eigenvalue weighted by molar-refractivity contribution is 7.76. The van der Waals surface area contributed by atoms with Gasteiger partial charge in [-0.05, 0) is 25.8 Å². The molecule has 3 atom stereocenters. The lowest BCUT2D eigenvalue weighted by Crippen LogP contribution is -2.45. The number of rotatable bonds is 3. The fourth-order valence-electron chi connectivity index (χ4n) is 2.15. The summed E-state index contributed by atoms with van der Waals surface area (Å²) in [6.45, 7) is 7.21. The second kappa shape index (κ2) is 6.14. The van der Waals surface area contributed by atoms with Crippen molar-refractivity contribution >= 4 is 11.3 Å². The standard InChI is InChI=1S/C12H19NO3S/c1-4-6-10-7-11(8-14)9(3)13(17(15)16)12(10)5-2/h4-6,9,11,14H,1,7-8H2,2-3H3,(H,15,16)/p-1/b10-6-,12-5+/t9-,11?/m1/s1. The molecule has 0 radical (unpaired) electrons. The van der Waals surface area contributed by atoms with E-state index in [2.05, 4.69) is 6.58 Å². The van der Waals surface area contributed by atoms with Gasteiger partial charge < -0.3 is 9.66 Å². The second-order valence-electron chi connectivity index (χ2n) is 4.03. The molecule has 0 spiro atoms. The number of piperidine rings is 1. The number of hydrogen-bond acceptors (Lipinski definition) is 3. The topological polar surface area (TPSA) is 63.6 Å². The predicted molar refractivity (Wildman–Crippen MR) is 67.5 cm³/mol. The molecular weight excluding hydrogens is 238 g/mol. The third-order valence-corrected chi connectivity index (χ3v) is 3.94. The molecule has 2 unspecified atom stereocenters. The van der Waals surface area contributed by atoms with Crippen LogP contribution in [-0.2, 0) is 11.3 Å². The van der Waals surface area contributed by atoms with Gasteiger partial charge in [0.05, 0.1) is 0 Å². The Hall–Kier alpha value is -0.910. The van der Waals surface area contributed by atoms with Crippen LogP contribution in [0.2, 0.25) is 0 Å². The number of aliphatic hydroxyl groups excluding tert-OH is 1. The third-order valence-electron chi connectivity index (χ3n) is 3.09. The van der Waals surface area contributed by atoms with Crippen molar-refractivity contribution in [2.45, 2.75) is 26.3 Å². The molecule has 1 rings (SSSR count). The zero-order valence-corrected chi connectivity index (χ0v) is 10.9. The van der Waals surface area contributed by atoms with Gasteiger partial charge in [-0.1, -0.05) is 24.8 Å². The van der Waals surface area contributed by atoms with Crippen LogP contribution in [0.3, 0.4) is 0 Å². The van der Waals surface area contributed by atoms with Crippen molar-refractivity contribution in [1.29, 1.82) is 0 Å². The Morgan fingerprint density at radius 1 is 1.71 bits per heavy atom. The van der Waals surface area contributed by atoms with Crippen molar-refractivity contribution in [3.8, 4) is 0 Å². The van der Waals surface area contributed by atoms with E-state index in [1.807, 2.05) is 6.92 Å². The summed E-state index contributed by atoms with van der Waals surface area (Å²) < 4.78 is 23.9. The summed E-state index contributed by atoms with van der Waals surface area (Å²) in [7, 11) is 0. The van der Waals surface area contributed by atoms with E-state index in [1.165, 1.54) is 4.31 Å². The van der Waals surface area contributed by atoms with Crippen LogP contribution in [0.25, 0.3) is 0 Å². The molecule has 96 valence electrons. The molecule has 1 saturated heterocycles. The first kappa shape index (κ1) is 14.2. The molecule has 0 aliphatic carbocycles. The molecule has 0 aromatic rings. The summed E-state index contributed by atoms with van der Waals surface area (Å²) in [6.07, 6.45) is 5.87. The van der Waals surface area contributed by atoms with E-state index in [4.69, 9.17) is 0 Å². The molecule has 0 aromatic carbocycles. The van der Waals surface area contributed by atoms with Crippen molar-refractivity contribution in [2.24, 2.45) is 5.92 Å². The van der Waals surface area contributed by atoms with Gasteiger partial charge >= 0.3 is 0 Å². The minimum absolute atomic E-state index is 0.0274. The van der Waals surface area contributed by atoms with Crippen molar-refractivity contribution < 1.29 is 13.9 Å². The molecule has 1 fully saturated rings. The molecule has 4 nitrogen and oxygen atoms in total. The lowest BCUT2D eigenvalue weighted by atomic mass is 9.87. The zero-order valence-electron chi connectivity index (χ0n) is 10.1. The van der Waals surface area contributed by atoms with E-state index in [9.17, 15) is 13.9 Å². The maximum absolute atomic E-state index is 11.3. The van der Waals surface area contributed by atoms with Crippen LogP contribution in [-0.4, -0.2) is 30.8 Å². The molecule has 0 amide bonds. The smallest absolute Gasteiger partial charge is 0.0482 e. The second-order valence-corrected chi connectivity index (χ2v) is 4.86. The highest BCUT2D eigenvalue weighted by Gasteiger charge is 2.33. The Kier molecular flexibility index (Phi) is 5.11. The predicted octanol–water partition coefficient (Wildman–Crippen LogP) is 1.50. The molecule has 0 bridgehead atoms. The van der Waals surface area contributed by atoms with Gasteiger partial charge in [0.25, 0.3) is 0 Å². The van der Waals surface area contributed by atoms with Gasteiger partial charge in [0.2, 0.25) is 0 Å². The van der Waals surface area contributed by atoms with Crippen molar-refractivity contribution in [2.75, 3.05) is 6.61 Å². The van der Waals surface area contributed by atoms with Gasteiger partial charge in [0.15, 0.2) is 0 Å². The third kappa shape index (κ3) is 2.86. The Morgan fingerprint density at radius 2 is 2.35 bits per heavy atom. The van der Waals surface area contributed by atoms with Gasteiger partial charge in [-0.25, -0.2) is 0 Å². The van der Waals surface area contributed by atoms with Crippen LogP contribution in [0, 0.1) is 5.92 Å². The van der Waals surface area contributed by atoms with Gasteiger partial charge in [-0.15, -0.1) is 0 Å². The molecule has 1 heterocycles. The normalized spacial score (nSPS) is 31.9. The molecular formula is C12H18NO3S-. The molecule has 1 aliphatic rings. The van der Waals surface area contributed by atoms with Crippen molar-refractivity contribution in [1.82, 2.24) is 4.31 Å². The zero-order chi connectivity index (χ0) is 13.0. The van der Waals surface area contributed by atoms with E-state index in [0.29, 0.717) is 12.1 Å². The number of hydrogen-bond donors (Lipinski definition) is 1. The molecule has 17 heavy (non-hydrogen) atoms. The van der Waals surface area contributed by atoms with E-state index >= 15 is 0 Å². The first-order valence-electron chi connectivity index (χ1n) is 5.54. The summed E-state index contributed by atoms with van der Waals surface area (Å²) in [5, 5.41) is 9.31. The highest BCUT2D eigenvalue weighted by Crippen LogP contribution is 2.35. The summed E-state index contributed by atoms with van der Waals surface area (Å²) >= 11 is -2.33. The van der Waals surface area contributed by atoms with Crippen LogP contribution >= 0.6 is 0 Å². The highest BCUT2D eigenvalue weighted by atomic mass is 32.2. The Morgan fingerprint density at radius 3 is 2.76 bits per heavy atom. The van der Waals surface area contributed by atoms with Crippen LogP contribution in [0.4, 0.5) is 0 Å². The summed E-state index contributed by atoms with van der Waals surface area (Å²) in [6, 6.07) is -0.230. The number of allylic oxidation sites excluding steroid dienone is 4. The lowest BCUT2D eigenvalue weighted by Gasteiger charge is -2.43. The van der Waals surface area contributed by atoms with Gasteiger partial charge in [0.1, 0.15) is 0 Å². The van der Waals surface area contributed by atoms with E-state index in [-0.39, 0.29) is 18.6 Å². The Labute approximate surface area is 105 Å². The Bertz CT molecular complexity index is 376. The quantitative estimate of drug-likeness (QED) is 0.778. The van der Waals surface area contributed by atoms with Crippen molar-refractivity contribution in [3.05, 3.63) is 36.1 Å². The van der Waals surface area contributed by atoms with Crippen LogP contribution in [0.15, 0.2) is 36.1 Å². The van der Waals surface area contributed by atoms with Crippen LogP contribution < -0.4 is 0 Å². The largest absolute Gasteiger partial charge is 0.755 e. The van der Waals surface area contributed by atoms with Crippen LogP contribution in [0.5, 0.6) is 0 Å². The number of nitrogens with zero attached hydrogens (tertiary/aromatic N) is 1. The van der Waals surface area contributed by atoms with Gasteiger partial charge in [-0.2, -0.15) is 0 Å². The van der Waals surface area contributed by atoms with E-state index in [1.54, 1.807) is 25.2 Å². The van der Waals surface area contributed by atoms with Crippen molar-refractivity contribution in [3.63, 3.8) is 0 Å². The summed E-state index contributed by atoms with van der Waals surface area (Å²) in [4.78, 5) is 0. The van der Waals surface area contributed by atoms with E-state index in [0.717, 1.165) is 5.57 Å². The lowest BCUT2D eigenvalue weighted by molar-refractivity contribution is 0.155. The monoisotopic (exact) mass is 256 g/mol. The maximum Gasteiger partial charge on any atom is 0.0482 e. The SMILES string of the molecule is C=C/C=C1/CC(CO)[C@@H](C)N(S(=O)[O-])/C1=C/C. The first-order chi connectivity index (χ1) is 8.06. The average molecular weight is 256 g/mol. The average Bonchev–Trinajstić information content (AvgIpc) is 2.30. The van der Waals surface area contributed by atoms with Gasteiger partial charge in [0, 0.05) is 35.5 Å². The molecule has 1 aliphatic heterocycles. The summed E-state index contributed by atoms with van der Waals surface area (Å²) in [5.41, 5.74) is 1.57. The van der Waals surface area contributed by atoms with Crippen LogP contribution in [0.1, 0.15) is 20.3 Å². The Balaban J connectivity index is 3.19. The van der Waals surface area contributed by atoms with Gasteiger partial charge in [-0.3, -0.25) is 8.51 Å². The fraction of sp³-hybridized carbons (Fsp3) is 0.500. The minimum Gasteiger partial charge on any atom is -0.755 e. The maximum atomic E-state index is 11.3. The minimum atomic E-state index is -2.33. The first-order valence-corrected chi connectivity index (χ1v) is 6.57. The molecule has 0 saturated carbocycles. The molecule has 5 heteroatoms. The number of aliphatic hydroxyl groups is 1. The molecule has 1 N–H and O–H groups in total.